The Morgan fingerprint density at radius 1 is 0.778 bits per heavy atom. The van der Waals surface area contributed by atoms with Gasteiger partial charge in [0.25, 0.3) is 11.8 Å². The summed E-state index contributed by atoms with van der Waals surface area (Å²) < 4.78 is 5.27. The Balaban J connectivity index is 1.54. The molecular formula is C21H12ClNO4. The second-order valence-corrected chi connectivity index (χ2v) is 6.32. The minimum Gasteiger partial charge on any atom is -0.423 e. The first-order chi connectivity index (χ1) is 13.0. The molecule has 4 rings (SSSR count). The lowest BCUT2D eigenvalue weighted by Gasteiger charge is -2.14. The Labute approximate surface area is 159 Å². The van der Waals surface area contributed by atoms with Gasteiger partial charge in [-0.1, -0.05) is 23.7 Å². The summed E-state index contributed by atoms with van der Waals surface area (Å²) in [5, 5.41) is 0.542. The number of nitrogens with zero attached hydrogens (tertiary/aromatic N) is 1. The van der Waals surface area contributed by atoms with E-state index in [4.69, 9.17) is 16.3 Å². The molecule has 0 radical (unpaired) electrons. The fraction of sp³-hybridized carbons (Fsp3) is 0. The maximum absolute atomic E-state index is 12.5. The maximum atomic E-state index is 12.5. The van der Waals surface area contributed by atoms with Gasteiger partial charge in [-0.2, -0.15) is 0 Å². The van der Waals surface area contributed by atoms with Gasteiger partial charge in [-0.25, -0.2) is 9.69 Å². The highest BCUT2D eigenvalue weighted by molar-refractivity contribution is 6.34. The van der Waals surface area contributed by atoms with Gasteiger partial charge in [0.05, 0.1) is 22.4 Å². The molecule has 0 saturated heterocycles. The zero-order valence-corrected chi connectivity index (χ0v) is 14.6. The maximum Gasteiger partial charge on any atom is 0.343 e. The lowest BCUT2D eigenvalue weighted by atomic mass is 10.1. The molecule has 0 spiro atoms. The van der Waals surface area contributed by atoms with Crippen LogP contribution in [-0.4, -0.2) is 17.8 Å². The molecule has 3 aromatic carbocycles. The lowest BCUT2D eigenvalue weighted by Crippen LogP contribution is -2.29. The van der Waals surface area contributed by atoms with Crippen molar-refractivity contribution in [2.75, 3.05) is 4.90 Å². The largest absolute Gasteiger partial charge is 0.423 e. The van der Waals surface area contributed by atoms with Crippen LogP contribution in [0.5, 0.6) is 5.75 Å². The van der Waals surface area contributed by atoms with E-state index in [1.54, 1.807) is 60.7 Å². The van der Waals surface area contributed by atoms with Gasteiger partial charge in [0.2, 0.25) is 0 Å². The van der Waals surface area contributed by atoms with E-state index in [1.807, 2.05) is 0 Å². The van der Waals surface area contributed by atoms with Crippen molar-refractivity contribution >= 4 is 35.1 Å². The van der Waals surface area contributed by atoms with E-state index in [0.717, 1.165) is 4.90 Å². The number of fused-ring (bicyclic) bond motifs is 1. The van der Waals surface area contributed by atoms with E-state index in [2.05, 4.69) is 0 Å². The van der Waals surface area contributed by atoms with Crippen molar-refractivity contribution in [3.63, 3.8) is 0 Å². The van der Waals surface area contributed by atoms with Crippen LogP contribution in [0.2, 0.25) is 5.02 Å². The van der Waals surface area contributed by atoms with Crippen LogP contribution in [0.15, 0.2) is 72.8 Å². The van der Waals surface area contributed by atoms with Crippen molar-refractivity contribution in [3.05, 3.63) is 94.5 Å². The van der Waals surface area contributed by atoms with E-state index in [1.165, 1.54) is 12.1 Å². The molecule has 0 atom stereocenters. The average molecular weight is 378 g/mol. The summed E-state index contributed by atoms with van der Waals surface area (Å²) in [4.78, 5) is 38.3. The molecule has 0 saturated carbocycles. The SMILES string of the molecule is O=C(Oc1ccc(Cl)cc1)c1ccc(N2C(=O)c3ccccc3C2=O)cc1. The number of hydrogen-bond acceptors (Lipinski definition) is 4. The van der Waals surface area contributed by atoms with Crippen molar-refractivity contribution in [2.24, 2.45) is 0 Å². The van der Waals surface area contributed by atoms with Crippen LogP contribution in [0.1, 0.15) is 31.1 Å². The molecule has 0 unspecified atom stereocenters. The third kappa shape index (κ3) is 3.09. The van der Waals surface area contributed by atoms with Gasteiger partial charge in [0.1, 0.15) is 5.75 Å². The standard InChI is InChI=1S/C21H12ClNO4/c22-14-7-11-16(12-8-14)27-21(26)13-5-9-15(10-6-13)23-19(24)17-3-1-2-4-18(17)20(23)25/h1-12H. The Bertz CT molecular complexity index is 1020. The molecule has 0 bridgehead atoms. The van der Waals surface area contributed by atoms with Crippen molar-refractivity contribution in [1.29, 1.82) is 0 Å². The third-order valence-corrected chi connectivity index (χ3v) is 4.43. The molecule has 6 heteroatoms. The van der Waals surface area contributed by atoms with Crippen molar-refractivity contribution in [1.82, 2.24) is 0 Å². The molecule has 1 aliphatic heterocycles. The second kappa shape index (κ2) is 6.70. The third-order valence-electron chi connectivity index (χ3n) is 4.18. The van der Waals surface area contributed by atoms with Crippen LogP contribution in [0, 0.1) is 0 Å². The normalized spacial score (nSPS) is 12.9. The van der Waals surface area contributed by atoms with Crippen LogP contribution in [0.3, 0.4) is 0 Å². The van der Waals surface area contributed by atoms with Gasteiger partial charge in [0, 0.05) is 5.02 Å². The summed E-state index contributed by atoms with van der Waals surface area (Å²) in [6.07, 6.45) is 0. The van der Waals surface area contributed by atoms with Crippen LogP contribution >= 0.6 is 11.6 Å². The minimum atomic E-state index is -0.550. The monoisotopic (exact) mass is 377 g/mol. The number of esters is 1. The molecule has 1 heterocycles. The number of carbonyl (C=O) groups is 3. The van der Waals surface area contributed by atoms with Gasteiger partial charge < -0.3 is 4.74 Å². The molecule has 0 aromatic heterocycles. The summed E-state index contributed by atoms with van der Waals surface area (Å²) >= 11 is 5.80. The average Bonchev–Trinajstić information content (AvgIpc) is 2.95. The number of imide groups is 1. The van der Waals surface area contributed by atoms with Crippen molar-refractivity contribution in [3.8, 4) is 5.75 Å². The molecule has 3 aromatic rings. The number of carbonyl (C=O) groups excluding carboxylic acids is 3. The summed E-state index contributed by atoms with van der Waals surface area (Å²) in [5.41, 5.74) is 1.43. The first-order valence-corrected chi connectivity index (χ1v) is 8.48. The topological polar surface area (TPSA) is 63.7 Å². The Morgan fingerprint density at radius 3 is 1.89 bits per heavy atom. The van der Waals surface area contributed by atoms with Gasteiger partial charge in [0.15, 0.2) is 0 Å². The quantitative estimate of drug-likeness (QED) is 0.386. The number of amides is 2. The number of benzene rings is 3. The fourth-order valence-electron chi connectivity index (χ4n) is 2.84. The molecule has 27 heavy (non-hydrogen) atoms. The first-order valence-electron chi connectivity index (χ1n) is 8.10. The molecule has 0 N–H and O–H groups in total. The zero-order valence-electron chi connectivity index (χ0n) is 13.9. The molecule has 0 fully saturated rings. The molecule has 132 valence electrons. The highest BCUT2D eigenvalue weighted by Gasteiger charge is 2.36. The van der Waals surface area contributed by atoms with Crippen molar-refractivity contribution < 1.29 is 19.1 Å². The van der Waals surface area contributed by atoms with E-state index in [-0.39, 0.29) is 11.8 Å². The molecular weight excluding hydrogens is 366 g/mol. The predicted octanol–water partition coefficient (Wildman–Crippen LogP) is 4.36. The predicted molar refractivity (Wildman–Crippen MR) is 100 cm³/mol. The van der Waals surface area contributed by atoms with E-state index in [9.17, 15) is 14.4 Å². The zero-order chi connectivity index (χ0) is 19.0. The first kappa shape index (κ1) is 17.0. The number of hydrogen-bond donors (Lipinski definition) is 0. The van der Waals surface area contributed by atoms with Gasteiger partial charge in [-0.3, -0.25) is 9.59 Å². The number of anilines is 1. The number of rotatable bonds is 3. The summed E-state index contributed by atoms with van der Waals surface area (Å²) in [6, 6.07) is 19.2. The highest BCUT2D eigenvalue weighted by atomic mass is 35.5. The van der Waals surface area contributed by atoms with Crippen LogP contribution in [0.25, 0.3) is 0 Å². The number of ether oxygens (including phenoxy) is 1. The van der Waals surface area contributed by atoms with Crippen LogP contribution in [-0.2, 0) is 0 Å². The van der Waals surface area contributed by atoms with Crippen LogP contribution < -0.4 is 9.64 Å². The Morgan fingerprint density at radius 2 is 1.33 bits per heavy atom. The summed E-state index contributed by atoms with van der Waals surface area (Å²) in [7, 11) is 0. The van der Waals surface area contributed by atoms with Crippen LogP contribution in [0.4, 0.5) is 5.69 Å². The highest BCUT2D eigenvalue weighted by Crippen LogP contribution is 2.28. The van der Waals surface area contributed by atoms with E-state index < -0.39 is 5.97 Å². The molecule has 5 nitrogen and oxygen atoms in total. The van der Waals surface area contributed by atoms with Gasteiger partial charge >= 0.3 is 5.97 Å². The van der Waals surface area contributed by atoms with E-state index >= 15 is 0 Å². The van der Waals surface area contributed by atoms with Gasteiger partial charge in [-0.05, 0) is 60.7 Å². The summed E-state index contributed by atoms with van der Waals surface area (Å²) in [5.74, 6) is -0.945. The Kier molecular flexibility index (Phi) is 4.22. The smallest absolute Gasteiger partial charge is 0.343 e. The second-order valence-electron chi connectivity index (χ2n) is 5.88. The van der Waals surface area contributed by atoms with E-state index in [0.29, 0.717) is 33.1 Å². The number of halogens is 1. The lowest BCUT2D eigenvalue weighted by molar-refractivity contribution is 0.0734. The fourth-order valence-corrected chi connectivity index (χ4v) is 2.96. The minimum absolute atomic E-state index is 0.297. The molecule has 2 amide bonds. The molecule has 1 aliphatic rings. The van der Waals surface area contributed by atoms with Crippen molar-refractivity contribution in [2.45, 2.75) is 0 Å². The van der Waals surface area contributed by atoms with Gasteiger partial charge in [-0.15, -0.1) is 0 Å². The Hall–Kier alpha value is -3.44. The molecule has 0 aliphatic carbocycles. The summed E-state index contributed by atoms with van der Waals surface area (Å²) in [6.45, 7) is 0.